The van der Waals surface area contributed by atoms with E-state index in [1.807, 2.05) is 36.4 Å². The van der Waals surface area contributed by atoms with E-state index in [9.17, 15) is 4.79 Å². The molecule has 2 aliphatic heterocycles. The molecule has 1 amide bonds. The number of carbonyl (C=O) groups excluding carboxylic acids is 1. The van der Waals surface area contributed by atoms with Gasteiger partial charge in [-0.3, -0.25) is 9.69 Å². The van der Waals surface area contributed by atoms with Crippen LogP contribution in [0.4, 0.5) is 5.69 Å². The zero-order valence-corrected chi connectivity index (χ0v) is 18.0. The molecule has 0 saturated carbocycles. The quantitative estimate of drug-likeness (QED) is 0.765. The fourth-order valence-corrected chi connectivity index (χ4v) is 4.31. The number of morpholine rings is 1. The number of carbonyl (C=O) groups is 1. The van der Waals surface area contributed by atoms with Crippen LogP contribution in [0.3, 0.4) is 0 Å². The van der Waals surface area contributed by atoms with E-state index in [1.165, 1.54) is 5.56 Å². The molecular weight excluding hydrogens is 402 g/mol. The Balaban J connectivity index is 1.31. The molecule has 2 aromatic carbocycles. The molecule has 2 heterocycles. The number of methoxy groups -OCH3 is 1. The van der Waals surface area contributed by atoms with Gasteiger partial charge in [0.25, 0.3) is 5.91 Å². The van der Waals surface area contributed by atoms with Crippen molar-refractivity contribution < 1.29 is 14.3 Å². The predicted octanol–water partition coefficient (Wildman–Crippen LogP) is 2.94. The summed E-state index contributed by atoms with van der Waals surface area (Å²) in [5.74, 6) is 0.760. The molecule has 2 fully saturated rings. The molecule has 0 bridgehead atoms. The average Bonchev–Trinajstić information content (AvgIpc) is 3.23. The van der Waals surface area contributed by atoms with Crippen molar-refractivity contribution in [3.8, 4) is 5.75 Å². The third-order valence-corrected chi connectivity index (χ3v) is 5.94. The average molecular weight is 430 g/mol. The molecule has 2 saturated heterocycles. The Hall–Kier alpha value is -2.28. The smallest absolute Gasteiger partial charge is 0.250 e. The molecule has 30 heavy (non-hydrogen) atoms. The number of hydrogen-bond donors (Lipinski definition) is 1. The minimum absolute atomic E-state index is 0.0299. The minimum Gasteiger partial charge on any atom is -0.495 e. The molecule has 0 spiro atoms. The van der Waals surface area contributed by atoms with Gasteiger partial charge in [-0.15, -0.1) is 0 Å². The summed E-state index contributed by atoms with van der Waals surface area (Å²) in [7, 11) is 1.66. The molecule has 2 atom stereocenters. The van der Waals surface area contributed by atoms with Gasteiger partial charge >= 0.3 is 0 Å². The first-order chi connectivity index (χ1) is 14.6. The zero-order valence-electron chi connectivity index (χ0n) is 17.2. The number of benzene rings is 2. The van der Waals surface area contributed by atoms with Crippen molar-refractivity contribution in [1.82, 2.24) is 10.2 Å². The van der Waals surface area contributed by atoms with Gasteiger partial charge in [-0.05, 0) is 30.2 Å². The van der Waals surface area contributed by atoms with E-state index in [-0.39, 0.29) is 11.9 Å². The van der Waals surface area contributed by atoms with E-state index in [4.69, 9.17) is 21.1 Å². The summed E-state index contributed by atoms with van der Waals surface area (Å²) in [6.45, 7) is 4.42. The summed E-state index contributed by atoms with van der Waals surface area (Å²) >= 11 is 6.17. The summed E-state index contributed by atoms with van der Waals surface area (Å²) in [6, 6.07) is 16.0. The topological polar surface area (TPSA) is 54.0 Å². The number of amides is 1. The molecule has 0 aromatic heterocycles. The van der Waals surface area contributed by atoms with Crippen molar-refractivity contribution in [2.75, 3.05) is 44.8 Å². The van der Waals surface area contributed by atoms with E-state index in [1.54, 1.807) is 7.11 Å². The van der Waals surface area contributed by atoms with Crippen molar-refractivity contribution in [2.45, 2.75) is 25.1 Å². The van der Waals surface area contributed by atoms with Gasteiger partial charge in [0.1, 0.15) is 11.9 Å². The van der Waals surface area contributed by atoms with Gasteiger partial charge in [0.05, 0.1) is 19.4 Å². The Morgan fingerprint density at radius 1 is 1.20 bits per heavy atom. The van der Waals surface area contributed by atoms with E-state index >= 15 is 0 Å². The molecule has 6 nitrogen and oxygen atoms in total. The first kappa shape index (κ1) is 21.0. The highest BCUT2D eigenvalue weighted by molar-refractivity contribution is 6.30. The van der Waals surface area contributed by atoms with Gasteiger partial charge in [-0.25, -0.2) is 0 Å². The van der Waals surface area contributed by atoms with Gasteiger partial charge in [0.15, 0.2) is 0 Å². The maximum Gasteiger partial charge on any atom is 0.250 e. The molecule has 7 heteroatoms. The lowest BCUT2D eigenvalue weighted by atomic mass is 10.1. The predicted molar refractivity (Wildman–Crippen MR) is 118 cm³/mol. The van der Waals surface area contributed by atoms with E-state index in [0.29, 0.717) is 18.2 Å². The van der Waals surface area contributed by atoms with E-state index in [2.05, 4.69) is 27.2 Å². The number of halogens is 1. The number of rotatable bonds is 6. The molecule has 1 N–H and O–H groups in total. The second kappa shape index (κ2) is 9.69. The molecule has 0 radical (unpaired) electrons. The Bertz CT molecular complexity index is 864. The molecule has 0 aliphatic carbocycles. The van der Waals surface area contributed by atoms with Crippen molar-refractivity contribution in [2.24, 2.45) is 0 Å². The number of anilines is 1. The standard InChI is InChI=1S/C23H28ClN3O3/c1-29-21-8-7-18(24)13-20(21)27-10-9-19(15-27)25-23(28)22-16-26(11-12-30-22)14-17-5-3-2-4-6-17/h2-8,13,19,22H,9-12,14-16H2,1H3,(H,25,28). The second-order valence-electron chi connectivity index (χ2n) is 7.84. The highest BCUT2D eigenvalue weighted by Crippen LogP contribution is 2.33. The van der Waals surface area contributed by atoms with Crippen LogP contribution in [-0.4, -0.2) is 62.8 Å². The number of ether oxygens (including phenoxy) is 2. The van der Waals surface area contributed by atoms with Crippen LogP contribution in [0.5, 0.6) is 5.75 Å². The summed E-state index contributed by atoms with van der Waals surface area (Å²) in [5.41, 5.74) is 2.21. The fraction of sp³-hybridized carbons (Fsp3) is 0.435. The lowest BCUT2D eigenvalue weighted by Crippen LogP contribution is -2.51. The summed E-state index contributed by atoms with van der Waals surface area (Å²) in [5, 5.41) is 3.85. The van der Waals surface area contributed by atoms with Crippen molar-refractivity contribution in [3.63, 3.8) is 0 Å². The van der Waals surface area contributed by atoms with Gasteiger partial charge < -0.3 is 19.7 Å². The first-order valence-corrected chi connectivity index (χ1v) is 10.8. The van der Waals surface area contributed by atoms with Crippen LogP contribution in [0, 0.1) is 0 Å². The van der Waals surface area contributed by atoms with Crippen LogP contribution in [-0.2, 0) is 16.1 Å². The van der Waals surface area contributed by atoms with Gasteiger partial charge in [-0.1, -0.05) is 41.9 Å². The fourth-order valence-electron chi connectivity index (χ4n) is 4.15. The molecule has 2 aliphatic rings. The summed E-state index contributed by atoms with van der Waals surface area (Å²) in [6.07, 6.45) is 0.444. The zero-order chi connectivity index (χ0) is 20.9. The summed E-state index contributed by atoms with van der Waals surface area (Å²) < 4.78 is 11.2. The van der Waals surface area contributed by atoms with E-state index < -0.39 is 6.10 Å². The SMILES string of the molecule is COc1ccc(Cl)cc1N1CCC(NC(=O)C2CN(Cc3ccccc3)CCO2)C1. The molecule has 4 rings (SSSR count). The van der Waals surface area contributed by atoms with Gasteiger partial charge in [0, 0.05) is 43.8 Å². The first-order valence-electron chi connectivity index (χ1n) is 10.4. The highest BCUT2D eigenvalue weighted by atomic mass is 35.5. The number of nitrogens with one attached hydrogen (secondary N) is 1. The van der Waals surface area contributed by atoms with Gasteiger partial charge in [-0.2, -0.15) is 0 Å². The largest absolute Gasteiger partial charge is 0.495 e. The van der Waals surface area contributed by atoms with E-state index in [0.717, 1.165) is 44.0 Å². The van der Waals surface area contributed by atoms with Crippen LogP contribution in [0.2, 0.25) is 5.02 Å². The molecule has 2 unspecified atom stereocenters. The lowest BCUT2D eigenvalue weighted by molar-refractivity contribution is -0.139. The Morgan fingerprint density at radius 3 is 2.83 bits per heavy atom. The van der Waals surface area contributed by atoms with Crippen LogP contribution in [0.25, 0.3) is 0 Å². The van der Waals surface area contributed by atoms with Crippen molar-refractivity contribution in [3.05, 3.63) is 59.1 Å². The minimum atomic E-state index is -0.433. The number of nitrogens with zero attached hydrogens (tertiary/aromatic N) is 2. The van der Waals surface area contributed by atoms with Crippen LogP contribution in [0.1, 0.15) is 12.0 Å². The van der Waals surface area contributed by atoms with Crippen molar-refractivity contribution >= 4 is 23.2 Å². The Kier molecular flexibility index (Phi) is 6.77. The van der Waals surface area contributed by atoms with Crippen LogP contribution >= 0.6 is 11.6 Å². The molecular formula is C23H28ClN3O3. The van der Waals surface area contributed by atoms with Gasteiger partial charge in [0.2, 0.25) is 0 Å². The Labute approximate surface area is 182 Å². The maximum atomic E-state index is 12.8. The Morgan fingerprint density at radius 2 is 2.03 bits per heavy atom. The summed E-state index contributed by atoms with van der Waals surface area (Å²) in [4.78, 5) is 17.3. The lowest BCUT2D eigenvalue weighted by Gasteiger charge is -2.32. The molecule has 2 aromatic rings. The van der Waals surface area contributed by atoms with Crippen LogP contribution < -0.4 is 15.0 Å². The third kappa shape index (κ3) is 5.06. The normalized spacial score (nSPS) is 22.1. The van der Waals surface area contributed by atoms with Crippen molar-refractivity contribution in [1.29, 1.82) is 0 Å². The second-order valence-corrected chi connectivity index (χ2v) is 8.27. The third-order valence-electron chi connectivity index (χ3n) is 5.71. The monoisotopic (exact) mass is 429 g/mol. The molecule has 160 valence electrons. The number of hydrogen-bond acceptors (Lipinski definition) is 5. The maximum absolute atomic E-state index is 12.8. The highest BCUT2D eigenvalue weighted by Gasteiger charge is 2.31. The van der Waals surface area contributed by atoms with Crippen LogP contribution in [0.15, 0.2) is 48.5 Å².